The zero-order chi connectivity index (χ0) is 22.2. The van der Waals surface area contributed by atoms with E-state index in [1.165, 1.54) is 22.7 Å². The molecule has 5 heterocycles. The van der Waals surface area contributed by atoms with Crippen molar-refractivity contribution in [1.29, 1.82) is 5.26 Å². The van der Waals surface area contributed by atoms with E-state index in [-0.39, 0.29) is 21.9 Å². The number of nitrogens with two attached hydrogens (primary N) is 2. The summed E-state index contributed by atoms with van der Waals surface area (Å²) in [4.78, 5) is 26.7. The Labute approximate surface area is 193 Å². The molecule has 1 amide bonds. The van der Waals surface area contributed by atoms with Gasteiger partial charge in [0, 0.05) is 34.3 Å². The standard InChI is InChI=1S/C21H13N7OS3/c22-6-12-14(11-3-5-30-8-11)15-16(23)17(32-20(15)27-18(12)24)19(29)28-21-26-13(9-31-21)10-2-1-4-25-7-10/h1-5,7-9H,23H2,(H2,24,27)(H,26,28,29). The predicted molar refractivity (Wildman–Crippen MR) is 130 cm³/mol. The van der Waals surface area contributed by atoms with E-state index in [1.807, 2.05) is 34.3 Å². The maximum absolute atomic E-state index is 13.0. The first kappa shape index (κ1) is 20.1. The van der Waals surface area contributed by atoms with E-state index in [9.17, 15) is 10.1 Å². The topological polar surface area (TPSA) is 144 Å². The van der Waals surface area contributed by atoms with Crippen LogP contribution in [0.1, 0.15) is 15.2 Å². The molecule has 5 aromatic heterocycles. The number of nitrogens with one attached hydrogen (secondary N) is 1. The molecule has 0 bridgehead atoms. The van der Waals surface area contributed by atoms with Gasteiger partial charge in [-0.3, -0.25) is 15.1 Å². The maximum Gasteiger partial charge on any atom is 0.269 e. The van der Waals surface area contributed by atoms with Crippen LogP contribution in [0.5, 0.6) is 0 Å². The molecule has 0 atom stereocenters. The van der Waals surface area contributed by atoms with Gasteiger partial charge < -0.3 is 11.5 Å². The Hall–Kier alpha value is -3.85. The molecule has 0 aliphatic rings. The van der Waals surface area contributed by atoms with Gasteiger partial charge in [0.2, 0.25) is 0 Å². The van der Waals surface area contributed by atoms with Crippen LogP contribution >= 0.6 is 34.0 Å². The Kier molecular flexibility index (Phi) is 5.02. The fourth-order valence-corrected chi connectivity index (χ4v) is 5.65. The minimum absolute atomic E-state index is 0.107. The Morgan fingerprint density at radius 2 is 2.03 bits per heavy atom. The second kappa shape index (κ2) is 8.01. The highest BCUT2D eigenvalue weighted by Crippen LogP contribution is 2.43. The molecule has 5 rings (SSSR count). The van der Waals surface area contributed by atoms with E-state index in [0.717, 1.165) is 28.2 Å². The lowest BCUT2D eigenvalue weighted by Gasteiger charge is -2.07. The lowest BCUT2D eigenvalue weighted by Crippen LogP contribution is -2.11. The van der Waals surface area contributed by atoms with Gasteiger partial charge in [-0.15, -0.1) is 22.7 Å². The average Bonchev–Trinajstić information content (AvgIpc) is 3.54. The Bertz CT molecular complexity index is 1500. The van der Waals surface area contributed by atoms with Gasteiger partial charge in [0.1, 0.15) is 27.2 Å². The highest BCUT2D eigenvalue weighted by molar-refractivity contribution is 7.21. The van der Waals surface area contributed by atoms with Crippen LogP contribution in [0.15, 0.2) is 46.7 Å². The van der Waals surface area contributed by atoms with Gasteiger partial charge in [0.15, 0.2) is 5.13 Å². The molecule has 0 spiro atoms. The summed E-state index contributed by atoms with van der Waals surface area (Å²) in [7, 11) is 0. The van der Waals surface area contributed by atoms with Crippen molar-refractivity contribution in [2.75, 3.05) is 16.8 Å². The number of pyridine rings is 2. The molecule has 0 saturated carbocycles. The van der Waals surface area contributed by atoms with Gasteiger partial charge in [-0.1, -0.05) is 0 Å². The normalized spacial score (nSPS) is 10.8. The predicted octanol–water partition coefficient (Wildman–Crippen LogP) is 4.83. The lowest BCUT2D eigenvalue weighted by molar-refractivity contribution is 0.103. The number of hydrogen-bond acceptors (Lipinski definition) is 10. The number of amides is 1. The van der Waals surface area contributed by atoms with Crippen molar-refractivity contribution < 1.29 is 4.79 Å². The van der Waals surface area contributed by atoms with Crippen molar-refractivity contribution in [1.82, 2.24) is 15.0 Å². The van der Waals surface area contributed by atoms with Gasteiger partial charge in [0.05, 0.1) is 11.4 Å². The second-order valence-electron chi connectivity index (χ2n) is 6.63. The van der Waals surface area contributed by atoms with Crippen LogP contribution in [0.4, 0.5) is 16.6 Å². The van der Waals surface area contributed by atoms with Crippen LogP contribution < -0.4 is 16.8 Å². The van der Waals surface area contributed by atoms with E-state index in [2.05, 4.69) is 26.3 Å². The molecule has 0 aliphatic carbocycles. The summed E-state index contributed by atoms with van der Waals surface area (Å²) >= 11 is 3.93. The maximum atomic E-state index is 13.0. The number of nitrogen functional groups attached to an aromatic ring is 2. The molecule has 156 valence electrons. The van der Waals surface area contributed by atoms with Crippen molar-refractivity contribution in [3.63, 3.8) is 0 Å². The van der Waals surface area contributed by atoms with Crippen LogP contribution in [-0.2, 0) is 0 Å². The van der Waals surface area contributed by atoms with Crippen LogP contribution in [-0.4, -0.2) is 20.9 Å². The zero-order valence-corrected chi connectivity index (χ0v) is 18.6. The first-order valence-electron chi connectivity index (χ1n) is 9.18. The third kappa shape index (κ3) is 3.36. The molecule has 5 N–H and O–H groups in total. The van der Waals surface area contributed by atoms with Crippen LogP contribution in [0.3, 0.4) is 0 Å². The largest absolute Gasteiger partial charge is 0.397 e. The molecule has 8 nitrogen and oxygen atoms in total. The molecule has 0 fully saturated rings. The Morgan fingerprint density at radius 3 is 2.75 bits per heavy atom. The minimum Gasteiger partial charge on any atom is -0.397 e. The highest BCUT2D eigenvalue weighted by Gasteiger charge is 2.25. The van der Waals surface area contributed by atoms with Gasteiger partial charge in [-0.05, 0) is 34.5 Å². The third-order valence-corrected chi connectivity index (χ3v) is 7.25. The number of nitrogens with zero attached hydrogens (tertiary/aromatic N) is 4. The molecular formula is C21H13N7OS3. The Morgan fingerprint density at radius 1 is 1.16 bits per heavy atom. The quantitative estimate of drug-likeness (QED) is 0.337. The molecular weight excluding hydrogens is 462 g/mol. The van der Waals surface area contributed by atoms with Crippen molar-refractivity contribution in [3.05, 3.63) is 57.2 Å². The summed E-state index contributed by atoms with van der Waals surface area (Å²) in [5, 5.41) is 19.1. The Balaban J connectivity index is 1.55. The summed E-state index contributed by atoms with van der Waals surface area (Å²) in [5.74, 6) is -0.290. The fourth-order valence-electron chi connectivity index (χ4n) is 3.28. The number of rotatable bonds is 4. The van der Waals surface area contributed by atoms with Crippen molar-refractivity contribution in [2.24, 2.45) is 0 Å². The van der Waals surface area contributed by atoms with Crippen molar-refractivity contribution >= 4 is 66.8 Å². The van der Waals surface area contributed by atoms with Crippen molar-refractivity contribution in [2.45, 2.75) is 0 Å². The second-order valence-corrected chi connectivity index (χ2v) is 9.27. The van der Waals surface area contributed by atoms with Gasteiger partial charge in [0.25, 0.3) is 5.91 Å². The fraction of sp³-hybridized carbons (Fsp3) is 0. The van der Waals surface area contributed by atoms with E-state index in [1.54, 1.807) is 12.4 Å². The molecule has 0 aromatic carbocycles. The lowest BCUT2D eigenvalue weighted by atomic mass is 9.99. The molecule has 0 saturated heterocycles. The van der Waals surface area contributed by atoms with Crippen LogP contribution in [0, 0.1) is 11.3 Å². The number of thiophene rings is 2. The van der Waals surface area contributed by atoms with E-state index in [0.29, 0.717) is 20.9 Å². The highest BCUT2D eigenvalue weighted by atomic mass is 32.1. The summed E-state index contributed by atoms with van der Waals surface area (Å²) in [6, 6.07) is 7.72. The number of carbonyl (C=O) groups excluding carboxylic acids is 1. The first-order chi connectivity index (χ1) is 15.6. The summed E-state index contributed by atoms with van der Waals surface area (Å²) in [5.41, 5.74) is 15.9. The number of anilines is 3. The molecule has 32 heavy (non-hydrogen) atoms. The van der Waals surface area contributed by atoms with E-state index >= 15 is 0 Å². The smallest absolute Gasteiger partial charge is 0.269 e. The molecule has 11 heteroatoms. The number of hydrogen-bond donors (Lipinski definition) is 3. The molecule has 0 aliphatic heterocycles. The molecule has 5 aromatic rings. The summed E-state index contributed by atoms with van der Waals surface area (Å²) < 4.78 is 0. The van der Waals surface area contributed by atoms with Gasteiger partial charge in [-0.25, -0.2) is 9.97 Å². The average molecular weight is 476 g/mol. The zero-order valence-electron chi connectivity index (χ0n) is 16.2. The number of carbonyl (C=O) groups is 1. The van der Waals surface area contributed by atoms with Crippen molar-refractivity contribution in [3.8, 4) is 28.5 Å². The van der Waals surface area contributed by atoms with Gasteiger partial charge in [-0.2, -0.15) is 16.6 Å². The van der Waals surface area contributed by atoms with Gasteiger partial charge >= 0.3 is 0 Å². The number of aromatic nitrogens is 3. The summed E-state index contributed by atoms with van der Waals surface area (Å²) in [6.45, 7) is 0. The number of nitriles is 1. The molecule has 0 radical (unpaired) electrons. The number of fused-ring (bicyclic) bond motifs is 1. The SMILES string of the molecule is N#Cc1c(N)nc2sc(C(=O)Nc3nc(-c4cccnc4)cs3)c(N)c2c1-c1ccsc1. The molecule has 0 unspecified atom stereocenters. The minimum atomic E-state index is -0.397. The van der Waals surface area contributed by atoms with E-state index < -0.39 is 5.91 Å². The van der Waals surface area contributed by atoms with Crippen LogP contribution in [0.25, 0.3) is 32.6 Å². The summed E-state index contributed by atoms with van der Waals surface area (Å²) in [6.07, 6.45) is 3.39. The third-order valence-electron chi connectivity index (χ3n) is 4.71. The van der Waals surface area contributed by atoms with Crippen LogP contribution in [0.2, 0.25) is 0 Å². The monoisotopic (exact) mass is 475 g/mol. The first-order valence-corrected chi connectivity index (χ1v) is 11.8. The number of thiazole rings is 1. The van der Waals surface area contributed by atoms with E-state index in [4.69, 9.17) is 11.5 Å².